The Hall–Kier alpha value is -3.38. The average molecular weight is 417 g/mol. The Morgan fingerprint density at radius 3 is 2.47 bits per heavy atom. The van der Waals surface area contributed by atoms with Gasteiger partial charge in [-0.3, -0.25) is 19.3 Å². The predicted octanol–water partition coefficient (Wildman–Crippen LogP) is 5.13. The number of aryl methyl sites for hydroxylation is 2. The van der Waals surface area contributed by atoms with Gasteiger partial charge in [-0.25, -0.2) is 0 Å². The van der Waals surface area contributed by atoms with Crippen LogP contribution in [-0.2, 0) is 9.59 Å². The lowest BCUT2D eigenvalue weighted by Crippen LogP contribution is -2.36. The van der Waals surface area contributed by atoms with Crippen molar-refractivity contribution in [2.75, 3.05) is 11.9 Å². The number of nitrogens with one attached hydrogen (secondary N) is 1. The lowest BCUT2D eigenvalue weighted by molar-refractivity contribution is -0.127. The van der Waals surface area contributed by atoms with Crippen molar-refractivity contribution >= 4 is 51.4 Å². The molecule has 3 aromatic carbocycles. The molecular formula is C24H20N2O3S. The summed E-state index contributed by atoms with van der Waals surface area (Å²) in [4.78, 5) is 38.9. The zero-order chi connectivity index (χ0) is 21.3. The molecule has 0 saturated carbocycles. The molecule has 0 unspecified atom stereocenters. The second-order valence-electron chi connectivity index (χ2n) is 7.26. The minimum absolute atomic E-state index is 0.315. The second-order valence-corrected chi connectivity index (χ2v) is 8.25. The highest BCUT2D eigenvalue weighted by molar-refractivity contribution is 8.18. The molecule has 1 fully saturated rings. The van der Waals surface area contributed by atoms with Gasteiger partial charge in [-0.1, -0.05) is 48.5 Å². The number of thioether (sulfide) groups is 1. The van der Waals surface area contributed by atoms with Crippen molar-refractivity contribution in [1.82, 2.24) is 4.90 Å². The van der Waals surface area contributed by atoms with Crippen molar-refractivity contribution in [3.63, 3.8) is 0 Å². The van der Waals surface area contributed by atoms with Crippen molar-refractivity contribution in [3.8, 4) is 0 Å². The first-order chi connectivity index (χ1) is 14.4. The van der Waals surface area contributed by atoms with Gasteiger partial charge in [-0.15, -0.1) is 0 Å². The molecule has 0 radical (unpaired) electrons. The zero-order valence-electron chi connectivity index (χ0n) is 16.6. The molecule has 1 aliphatic heterocycles. The highest BCUT2D eigenvalue weighted by Gasteiger charge is 2.36. The van der Waals surface area contributed by atoms with Gasteiger partial charge >= 0.3 is 0 Å². The van der Waals surface area contributed by atoms with E-state index in [0.29, 0.717) is 10.6 Å². The summed E-state index contributed by atoms with van der Waals surface area (Å²) in [5, 5.41) is 4.38. The van der Waals surface area contributed by atoms with Gasteiger partial charge in [0.15, 0.2) is 0 Å². The number of rotatable bonds is 4. The quantitative estimate of drug-likeness (QED) is 0.599. The van der Waals surface area contributed by atoms with Gasteiger partial charge in [0.25, 0.3) is 11.1 Å². The molecule has 0 bridgehead atoms. The van der Waals surface area contributed by atoms with Gasteiger partial charge in [0.2, 0.25) is 5.91 Å². The van der Waals surface area contributed by atoms with E-state index in [1.807, 2.05) is 74.5 Å². The molecule has 1 saturated heterocycles. The number of carbonyl (C=O) groups excluding carboxylic acids is 3. The van der Waals surface area contributed by atoms with Gasteiger partial charge in [0.05, 0.1) is 4.91 Å². The highest BCUT2D eigenvalue weighted by atomic mass is 32.2. The molecule has 0 atom stereocenters. The standard InChI is InChI=1S/C24H20N2O3S/c1-15-10-16(2)12-19(11-15)25-22(27)14-26-23(28)21(30-24(26)29)13-18-8-5-7-17-6-3-4-9-20(17)18/h3-13H,14H2,1-2H3,(H,25,27)/b21-13+. The fourth-order valence-electron chi connectivity index (χ4n) is 3.54. The van der Waals surface area contributed by atoms with Gasteiger partial charge in [-0.05, 0) is 71.3 Å². The molecule has 0 spiro atoms. The van der Waals surface area contributed by atoms with Crippen molar-refractivity contribution in [1.29, 1.82) is 0 Å². The molecule has 5 nitrogen and oxygen atoms in total. The van der Waals surface area contributed by atoms with E-state index in [2.05, 4.69) is 5.32 Å². The Morgan fingerprint density at radius 1 is 1.00 bits per heavy atom. The van der Waals surface area contributed by atoms with E-state index in [4.69, 9.17) is 0 Å². The highest BCUT2D eigenvalue weighted by Crippen LogP contribution is 2.33. The third kappa shape index (κ3) is 4.14. The second kappa shape index (κ2) is 8.16. The summed E-state index contributed by atoms with van der Waals surface area (Å²) in [6.45, 7) is 3.57. The number of hydrogen-bond donors (Lipinski definition) is 1. The molecule has 3 aromatic rings. The van der Waals surface area contributed by atoms with Crippen LogP contribution in [0.3, 0.4) is 0 Å². The number of anilines is 1. The smallest absolute Gasteiger partial charge is 0.294 e. The molecular weight excluding hydrogens is 396 g/mol. The number of nitrogens with zero attached hydrogens (tertiary/aromatic N) is 1. The maximum absolute atomic E-state index is 12.8. The lowest BCUT2D eigenvalue weighted by Gasteiger charge is -2.13. The van der Waals surface area contributed by atoms with Crippen LogP contribution in [0.1, 0.15) is 16.7 Å². The first kappa shape index (κ1) is 19.9. The molecule has 4 rings (SSSR count). The third-order valence-corrected chi connectivity index (χ3v) is 5.70. The number of carbonyl (C=O) groups is 3. The molecule has 1 N–H and O–H groups in total. The Balaban J connectivity index is 1.52. The maximum Gasteiger partial charge on any atom is 0.294 e. The van der Waals surface area contributed by atoms with Crippen LogP contribution in [0, 0.1) is 13.8 Å². The number of hydrogen-bond acceptors (Lipinski definition) is 4. The molecule has 30 heavy (non-hydrogen) atoms. The minimum atomic E-state index is -0.450. The Labute approximate surface area is 178 Å². The van der Waals surface area contributed by atoms with Gasteiger partial charge in [0.1, 0.15) is 6.54 Å². The molecule has 3 amide bonds. The van der Waals surface area contributed by atoms with E-state index >= 15 is 0 Å². The van der Waals surface area contributed by atoms with E-state index in [-0.39, 0.29) is 6.54 Å². The van der Waals surface area contributed by atoms with Gasteiger partial charge < -0.3 is 5.32 Å². The summed E-state index contributed by atoms with van der Waals surface area (Å²) in [6.07, 6.45) is 1.72. The molecule has 150 valence electrons. The molecule has 1 heterocycles. The minimum Gasteiger partial charge on any atom is -0.325 e. The van der Waals surface area contributed by atoms with E-state index in [1.165, 1.54) is 0 Å². The topological polar surface area (TPSA) is 66.5 Å². The van der Waals surface area contributed by atoms with Crippen LogP contribution in [0.15, 0.2) is 65.6 Å². The maximum atomic E-state index is 12.8. The summed E-state index contributed by atoms with van der Waals surface area (Å²) in [5.74, 6) is -0.859. The fraction of sp³-hybridized carbons (Fsp3) is 0.125. The van der Waals surface area contributed by atoms with Crippen LogP contribution in [0.25, 0.3) is 16.8 Å². The summed E-state index contributed by atoms with van der Waals surface area (Å²) >= 11 is 0.857. The summed E-state index contributed by atoms with van der Waals surface area (Å²) < 4.78 is 0. The molecule has 1 aliphatic rings. The summed E-state index contributed by atoms with van der Waals surface area (Å²) in [5.41, 5.74) is 3.55. The number of amides is 3. The van der Waals surface area contributed by atoms with Gasteiger partial charge in [-0.2, -0.15) is 0 Å². The average Bonchev–Trinajstić information content (AvgIpc) is 2.95. The number of fused-ring (bicyclic) bond motifs is 1. The van der Waals surface area contributed by atoms with Crippen molar-refractivity contribution in [2.24, 2.45) is 0 Å². The number of benzene rings is 3. The van der Waals surface area contributed by atoms with Gasteiger partial charge in [0, 0.05) is 5.69 Å². The van der Waals surface area contributed by atoms with E-state index in [1.54, 1.807) is 6.08 Å². The number of imide groups is 1. The van der Waals surface area contributed by atoms with E-state index < -0.39 is 17.1 Å². The predicted molar refractivity (Wildman–Crippen MR) is 121 cm³/mol. The fourth-order valence-corrected chi connectivity index (χ4v) is 4.37. The third-order valence-electron chi connectivity index (χ3n) is 4.79. The summed E-state index contributed by atoms with van der Waals surface area (Å²) in [7, 11) is 0. The Bertz CT molecular complexity index is 1190. The van der Waals surface area contributed by atoms with Crippen molar-refractivity contribution in [2.45, 2.75) is 13.8 Å². The first-order valence-corrected chi connectivity index (χ1v) is 10.3. The Kier molecular flexibility index (Phi) is 5.42. The van der Waals surface area contributed by atoms with Crippen molar-refractivity contribution in [3.05, 3.63) is 82.3 Å². The van der Waals surface area contributed by atoms with Crippen LogP contribution in [0.5, 0.6) is 0 Å². The van der Waals surface area contributed by atoms with Crippen LogP contribution >= 0.6 is 11.8 Å². The first-order valence-electron chi connectivity index (χ1n) is 9.52. The van der Waals surface area contributed by atoms with Crippen LogP contribution < -0.4 is 5.32 Å². The van der Waals surface area contributed by atoms with Crippen molar-refractivity contribution < 1.29 is 14.4 Å². The van der Waals surface area contributed by atoms with Crippen LogP contribution in [-0.4, -0.2) is 28.5 Å². The lowest BCUT2D eigenvalue weighted by atomic mass is 10.0. The molecule has 6 heteroatoms. The molecule has 0 aliphatic carbocycles. The zero-order valence-corrected chi connectivity index (χ0v) is 17.5. The Morgan fingerprint density at radius 2 is 1.70 bits per heavy atom. The van der Waals surface area contributed by atoms with E-state index in [0.717, 1.165) is 44.1 Å². The summed E-state index contributed by atoms with van der Waals surface area (Å²) in [6, 6.07) is 19.4. The van der Waals surface area contributed by atoms with Crippen LogP contribution in [0.2, 0.25) is 0 Å². The SMILES string of the molecule is Cc1cc(C)cc(NC(=O)CN2C(=O)S/C(=C/c3cccc4ccccc34)C2=O)c1. The van der Waals surface area contributed by atoms with Crippen LogP contribution in [0.4, 0.5) is 10.5 Å². The largest absolute Gasteiger partial charge is 0.325 e. The monoisotopic (exact) mass is 416 g/mol. The van der Waals surface area contributed by atoms with E-state index in [9.17, 15) is 14.4 Å². The molecule has 0 aromatic heterocycles. The normalized spacial score (nSPS) is 15.3.